The molecule has 0 saturated carbocycles. The Labute approximate surface area is 167 Å². The summed E-state index contributed by atoms with van der Waals surface area (Å²) >= 11 is 5.86. The fourth-order valence-corrected chi connectivity index (χ4v) is 3.16. The van der Waals surface area contributed by atoms with Gasteiger partial charge in [-0.05, 0) is 54.7 Å². The number of nitrogens with one attached hydrogen (secondary N) is 1. The highest BCUT2D eigenvalue weighted by Gasteiger charge is 2.16. The van der Waals surface area contributed by atoms with Gasteiger partial charge in [0.05, 0.1) is 10.9 Å². The van der Waals surface area contributed by atoms with Gasteiger partial charge in [-0.3, -0.25) is 14.3 Å². The number of hydrogen-bond acceptors (Lipinski definition) is 4. The molecule has 146 valence electrons. The van der Waals surface area contributed by atoms with E-state index in [-0.39, 0.29) is 24.3 Å². The van der Waals surface area contributed by atoms with E-state index in [1.165, 1.54) is 0 Å². The Balaban J connectivity index is 1.85. The van der Waals surface area contributed by atoms with Crippen molar-refractivity contribution in [2.24, 2.45) is 7.05 Å². The first-order valence-electron chi connectivity index (χ1n) is 9.13. The lowest BCUT2D eigenvalue weighted by molar-refractivity contribution is 0.0943. The number of aromatic nitrogens is 2. The van der Waals surface area contributed by atoms with E-state index in [1.54, 1.807) is 23.9 Å². The number of carbonyl (C=O) groups is 1. The van der Waals surface area contributed by atoms with Crippen molar-refractivity contribution >= 4 is 28.4 Å². The molecule has 0 aliphatic rings. The van der Waals surface area contributed by atoms with Crippen LogP contribution in [0.5, 0.6) is 0 Å². The van der Waals surface area contributed by atoms with Gasteiger partial charge in [-0.25, -0.2) is 0 Å². The molecule has 0 unspecified atom stereocenters. The van der Waals surface area contributed by atoms with Gasteiger partial charge in [-0.2, -0.15) is 5.10 Å². The predicted molar refractivity (Wildman–Crippen MR) is 110 cm³/mol. The molecule has 3 rings (SSSR count). The van der Waals surface area contributed by atoms with Gasteiger partial charge < -0.3 is 10.4 Å². The summed E-state index contributed by atoms with van der Waals surface area (Å²) in [5.41, 5.74) is 2.03. The van der Waals surface area contributed by atoms with Crippen LogP contribution in [0.4, 0.5) is 0 Å². The SMILES string of the molecule is Cn1nc(C(=O)NCc2ccc(Cl)cc2)c(=O)c2cc(CCCCO)ccc21. The largest absolute Gasteiger partial charge is 0.396 e. The van der Waals surface area contributed by atoms with Crippen LogP contribution in [0, 0.1) is 0 Å². The van der Waals surface area contributed by atoms with E-state index in [9.17, 15) is 9.59 Å². The first kappa shape index (κ1) is 20.0. The third-order valence-corrected chi connectivity index (χ3v) is 4.83. The molecule has 7 heteroatoms. The molecule has 0 atom stereocenters. The Kier molecular flexibility index (Phi) is 6.44. The van der Waals surface area contributed by atoms with Gasteiger partial charge in [0.15, 0.2) is 5.69 Å². The van der Waals surface area contributed by atoms with E-state index >= 15 is 0 Å². The minimum absolute atomic E-state index is 0.128. The lowest BCUT2D eigenvalue weighted by atomic mass is 10.0. The van der Waals surface area contributed by atoms with Gasteiger partial charge in [0, 0.05) is 25.2 Å². The van der Waals surface area contributed by atoms with Crippen molar-refractivity contribution in [2.75, 3.05) is 6.61 Å². The standard InChI is InChI=1S/C21H22ClN3O3/c1-25-18-10-7-14(4-2-3-11-26)12-17(18)20(27)19(24-25)21(28)23-13-15-5-8-16(22)9-6-15/h5-10,12,26H,2-4,11,13H2,1H3,(H,23,28). The number of rotatable bonds is 7. The van der Waals surface area contributed by atoms with Crippen molar-refractivity contribution < 1.29 is 9.90 Å². The zero-order valence-electron chi connectivity index (χ0n) is 15.6. The smallest absolute Gasteiger partial charge is 0.276 e. The maximum Gasteiger partial charge on any atom is 0.276 e. The summed E-state index contributed by atoms with van der Waals surface area (Å²) in [6.45, 7) is 0.428. The molecule has 3 aromatic rings. The van der Waals surface area contributed by atoms with E-state index in [4.69, 9.17) is 16.7 Å². The van der Waals surface area contributed by atoms with Gasteiger partial charge in [0.1, 0.15) is 0 Å². The third-order valence-electron chi connectivity index (χ3n) is 4.57. The van der Waals surface area contributed by atoms with Crippen molar-refractivity contribution in [1.29, 1.82) is 0 Å². The molecule has 0 aliphatic carbocycles. The number of aliphatic hydroxyl groups excluding tert-OH is 1. The van der Waals surface area contributed by atoms with E-state index in [0.29, 0.717) is 22.3 Å². The Hall–Kier alpha value is -2.70. The average molecular weight is 400 g/mol. The second-order valence-corrected chi connectivity index (χ2v) is 7.08. The second kappa shape index (κ2) is 8.99. The number of unbranched alkanes of at least 4 members (excludes halogenated alkanes) is 1. The summed E-state index contributed by atoms with van der Waals surface area (Å²) in [5, 5.41) is 16.9. The normalized spacial score (nSPS) is 11.0. The maximum atomic E-state index is 12.9. The summed E-state index contributed by atoms with van der Waals surface area (Å²) in [5.74, 6) is -0.511. The Morgan fingerprint density at radius 2 is 1.86 bits per heavy atom. The van der Waals surface area contributed by atoms with Crippen LogP contribution in [-0.2, 0) is 20.0 Å². The highest BCUT2D eigenvalue weighted by Crippen LogP contribution is 2.14. The molecule has 28 heavy (non-hydrogen) atoms. The molecular formula is C21H22ClN3O3. The summed E-state index contributed by atoms with van der Waals surface area (Å²) in [6, 6.07) is 12.7. The van der Waals surface area contributed by atoms with E-state index in [0.717, 1.165) is 24.0 Å². The summed E-state index contributed by atoms with van der Waals surface area (Å²) < 4.78 is 1.55. The van der Waals surface area contributed by atoms with Gasteiger partial charge in [0.2, 0.25) is 5.43 Å². The number of amides is 1. The van der Waals surface area contributed by atoms with E-state index < -0.39 is 5.91 Å². The van der Waals surface area contributed by atoms with E-state index in [1.807, 2.05) is 30.3 Å². The molecule has 2 N–H and O–H groups in total. The number of aliphatic hydroxyl groups is 1. The highest BCUT2D eigenvalue weighted by atomic mass is 35.5. The minimum Gasteiger partial charge on any atom is -0.396 e. The average Bonchev–Trinajstić information content (AvgIpc) is 2.70. The number of fused-ring (bicyclic) bond motifs is 1. The lowest BCUT2D eigenvalue weighted by Crippen LogP contribution is -2.31. The van der Waals surface area contributed by atoms with Crippen LogP contribution < -0.4 is 10.7 Å². The Bertz CT molecular complexity index is 1050. The molecule has 0 bridgehead atoms. The summed E-state index contributed by atoms with van der Waals surface area (Å²) in [6.07, 6.45) is 2.31. The molecule has 1 heterocycles. The van der Waals surface area contributed by atoms with Crippen molar-refractivity contribution in [3.63, 3.8) is 0 Å². The van der Waals surface area contributed by atoms with Crippen LogP contribution in [0.1, 0.15) is 34.5 Å². The molecular weight excluding hydrogens is 378 g/mol. The van der Waals surface area contributed by atoms with E-state index in [2.05, 4.69) is 10.4 Å². The Morgan fingerprint density at radius 1 is 1.14 bits per heavy atom. The first-order chi connectivity index (χ1) is 13.5. The molecule has 1 amide bonds. The topological polar surface area (TPSA) is 84.2 Å². The lowest BCUT2D eigenvalue weighted by Gasteiger charge is -2.10. The van der Waals surface area contributed by atoms with Crippen LogP contribution in [0.25, 0.3) is 10.9 Å². The number of carbonyl (C=O) groups excluding carboxylic acids is 1. The number of aryl methyl sites for hydroxylation is 2. The number of benzene rings is 2. The molecule has 0 saturated heterocycles. The highest BCUT2D eigenvalue weighted by molar-refractivity contribution is 6.30. The molecule has 6 nitrogen and oxygen atoms in total. The van der Waals surface area contributed by atoms with Crippen LogP contribution in [0.2, 0.25) is 5.02 Å². The zero-order valence-corrected chi connectivity index (χ0v) is 16.4. The second-order valence-electron chi connectivity index (χ2n) is 6.64. The van der Waals surface area contributed by atoms with Gasteiger partial charge in [-0.1, -0.05) is 29.8 Å². The quantitative estimate of drug-likeness (QED) is 0.598. The van der Waals surface area contributed by atoms with Crippen molar-refractivity contribution in [2.45, 2.75) is 25.8 Å². The van der Waals surface area contributed by atoms with Crippen LogP contribution in [0.3, 0.4) is 0 Å². The first-order valence-corrected chi connectivity index (χ1v) is 9.51. The number of nitrogens with zero attached hydrogens (tertiary/aromatic N) is 2. The monoisotopic (exact) mass is 399 g/mol. The molecule has 0 spiro atoms. The number of hydrogen-bond donors (Lipinski definition) is 2. The molecule has 0 fully saturated rings. The van der Waals surface area contributed by atoms with Crippen molar-refractivity contribution in [3.8, 4) is 0 Å². The third kappa shape index (κ3) is 4.58. The van der Waals surface area contributed by atoms with Gasteiger partial charge in [0.25, 0.3) is 5.91 Å². The molecule has 2 aromatic carbocycles. The van der Waals surface area contributed by atoms with Gasteiger partial charge in [-0.15, -0.1) is 0 Å². The molecule has 1 aromatic heterocycles. The fourth-order valence-electron chi connectivity index (χ4n) is 3.04. The number of halogens is 1. The molecule has 0 aliphatic heterocycles. The summed E-state index contributed by atoms with van der Waals surface area (Å²) in [4.78, 5) is 25.4. The Morgan fingerprint density at radius 3 is 2.57 bits per heavy atom. The zero-order chi connectivity index (χ0) is 20.1. The maximum absolute atomic E-state index is 12.9. The van der Waals surface area contributed by atoms with Gasteiger partial charge >= 0.3 is 0 Å². The minimum atomic E-state index is -0.511. The molecule has 0 radical (unpaired) electrons. The van der Waals surface area contributed by atoms with Crippen LogP contribution in [-0.4, -0.2) is 27.4 Å². The fraction of sp³-hybridized carbons (Fsp3) is 0.286. The van der Waals surface area contributed by atoms with Crippen molar-refractivity contribution in [1.82, 2.24) is 15.1 Å². The summed E-state index contributed by atoms with van der Waals surface area (Å²) in [7, 11) is 1.71. The van der Waals surface area contributed by atoms with Crippen LogP contribution >= 0.6 is 11.6 Å². The van der Waals surface area contributed by atoms with Crippen LogP contribution in [0.15, 0.2) is 47.3 Å². The van der Waals surface area contributed by atoms with Crippen molar-refractivity contribution in [3.05, 3.63) is 74.5 Å². The predicted octanol–water partition coefficient (Wildman–Crippen LogP) is 2.83.